The van der Waals surface area contributed by atoms with E-state index in [2.05, 4.69) is 10.5 Å². The molecule has 1 aliphatic heterocycles. The maximum absolute atomic E-state index is 5.59. The summed E-state index contributed by atoms with van der Waals surface area (Å²) in [5, 5.41) is 6.54. The zero-order valence-corrected chi connectivity index (χ0v) is 12.7. The molecule has 0 bridgehead atoms. The van der Waals surface area contributed by atoms with Gasteiger partial charge in [-0.1, -0.05) is 36.4 Å². The average Bonchev–Trinajstić information content (AvgIpc) is 3.19. The number of nitrogens with one attached hydrogen (secondary N) is 1. The second kappa shape index (κ2) is 6.09. The van der Waals surface area contributed by atoms with Crippen molar-refractivity contribution in [2.75, 3.05) is 5.17 Å². The van der Waals surface area contributed by atoms with Gasteiger partial charge in [0.15, 0.2) is 0 Å². The van der Waals surface area contributed by atoms with Crippen LogP contribution in [0.3, 0.4) is 0 Å². The Morgan fingerprint density at radius 3 is 2.83 bits per heavy atom. The number of halogens is 1. The van der Waals surface area contributed by atoms with Gasteiger partial charge in [-0.3, -0.25) is 4.21 Å². The first kappa shape index (κ1) is 14.3. The number of fused-ring (bicyclic) bond motifs is 2. The summed E-state index contributed by atoms with van der Waals surface area (Å²) in [4.78, 5) is 1.31. The van der Waals surface area contributed by atoms with E-state index in [9.17, 15) is 0 Å². The monoisotopic (exact) mass is 330 g/mol. The third-order valence-corrected chi connectivity index (χ3v) is 3.66. The number of hydrazine groups is 1. The molecule has 0 atom stereocenters. The molecule has 23 heavy (non-hydrogen) atoms. The van der Waals surface area contributed by atoms with Crippen LogP contribution in [0.5, 0.6) is 0 Å². The largest absolute Gasteiger partial charge is 0.776 e. The topological polar surface area (TPSA) is 60.8 Å². The van der Waals surface area contributed by atoms with Crippen LogP contribution in [0.15, 0.2) is 54.7 Å². The molecular formula is C14H12BClN4O3. The summed E-state index contributed by atoms with van der Waals surface area (Å²) in [6, 6.07) is 15.4. The second-order valence-corrected chi connectivity index (χ2v) is 5.10. The predicted molar refractivity (Wildman–Crippen MR) is 85.9 cm³/mol. The van der Waals surface area contributed by atoms with Gasteiger partial charge < -0.3 is 4.76 Å². The standard InChI is InChI=1S/C14H12BClN4O3/c16-21-15(22-19-13-7-3-1-5-11(13)9-17-19)23-20-14-8-4-2-6-12(14)10-18-20/h1-9,18H,10H2. The van der Waals surface area contributed by atoms with Crippen molar-refractivity contribution in [3.05, 3.63) is 60.3 Å². The van der Waals surface area contributed by atoms with Crippen LogP contribution in [0.4, 0.5) is 5.69 Å². The van der Waals surface area contributed by atoms with Crippen LogP contribution in [0.25, 0.3) is 10.9 Å². The molecule has 0 saturated heterocycles. The lowest BCUT2D eigenvalue weighted by molar-refractivity contribution is 0.0982. The van der Waals surface area contributed by atoms with E-state index < -0.39 is 7.32 Å². The molecule has 1 aliphatic rings. The van der Waals surface area contributed by atoms with E-state index in [-0.39, 0.29) is 0 Å². The molecule has 2 aromatic carbocycles. The van der Waals surface area contributed by atoms with Crippen molar-refractivity contribution < 1.29 is 13.7 Å². The fraction of sp³-hybridized carbons (Fsp3) is 0.0714. The number of benzene rings is 2. The lowest BCUT2D eigenvalue weighted by Crippen LogP contribution is -2.44. The van der Waals surface area contributed by atoms with Crippen molar-refractivity contribution in [3.8, 4) is 0 Å². The molecule has 0 aliphatic carbocycles. The Morgan fingerprint density at radius 2 is 1.91 bits per heavy atom. The molecule has 0 spiro atoms. The van der Waals surface area contributed by atoms with Gasteiger partial charge in [-0.05, 0) is 17.7 Å². The molecule has 0 radical (unpaired) electrons. The SMILES string of the molecule is ClOB(ON1NCc2ccccc21)On1ncc2ccccc21. The normalized spacial score (nSPS) is 13.3. The number of rotatable bonds is 5. The highest BCUT2D eigenvalue weighted by atomic mass is 35.5. The van der Waals surface area contributed by atoms with Gasteiger partial charge in [0.2, 0.25) is 0 Å². The quantitative estimate of drug-likeness (QED) is 0.723. The summed E-state index contributed by atoms with van der Waals surface area (Å²) in [5.41, 5.74) is 5.83. The van der Waals surface area contributed by atoms with Crippen molar-refractivity contribution in [2.45, 2.75) is 6.54 Å². The minimum atomic E-state index is -1.18. The van der Waals surface area contributed by atoms with Crippen LogP contribution < -0.4 is 15.4 Å². The Bertz CT molecular complexity index is 830. The van der Waals surface area contributed by atoms with Crippen LogP contribution in [-0.4, -0.2) is 17.3 Å². The number of hydrogen-bond donors (Lipinski definition) is 1. The van der Waals surface area contributed by atoms with Gasteiger partial charge in [-0.25, -0.2) is 10.2 Å². The molecule has 0 fully saturated rings. The van der Waals surface area contributed by atoms with E-state index in [0.717, 1.165) is 22.2 Å². The fourth-order valence-electron chi connectivity index (χ4n) is 2.45. The molecule has 9 heteroatoms. The average molecular weight is 331 g/mol. The number of nitrogens with zero attached hydrogens (tertiary/aromatic N) is 3. The Morgan fingerprint density at radius 1 is 1.09 bits per heavy atom. The highest BCUT2D eigenvalue weighted by Crippen LogP contribution is 2.25. The van der Waals surface area contributed by atoms with E-state index >= 15 is 0 Å². The summed E-state index contributed by atoms with van der Waals surface area (Å²) in [6.45, 7) is 0.649. The lowest BCUT2D eigenvalue weighted by atomic mass is 10.2. The summed E-state index contributed by atoms with van der Waals surface area (Å²) in [7, 11) is -1.18. The number of hydrogen-bond acceptors (Lipinski definition) is 6. The Kier molecular flexibility index (Phi) is 3.80. The van der Waals surface area contributed by atoms with Crippen LogP contribution in [0.1, 0.15) is 5.56 Å². The molecule has 116 valence electrons. The Labute approximate surface area is 137 Å². The van der Waals surface area contributed by atoms with Crippen molar-refractivity contribution in [1.82, 2.24) is 15.4 Å². The molecule has 4 rings (SSSR count). The van der Waals surface area contributed by atoms with Gasteiger partial charge in [0, 0.05) is 23.8 Å². The van der Waals surface area contributed by atoms with Crippen molar-refractivity contribution >= 4 is 35.8 Å². The highest BCUT2D eigenvalue weighted by molar-refractivity contribution is 6.43. The molecule has 1 N–H and O–H groups in total. The second-order valence-electron chi connectivity index (χ2n) is 4.92. The summed E-state index contributed by atoms with van der Waals surface area (Å²) in [5.74, 6) is 0. The number of aromatic nitrogens is 2. The first-order valence-corrected chi connectivity index (χ1v) is 7.31. The number of para-hydroxylation sites is 2. The molecule has 0 amide bonds. The van der Waals surface area contributed by atoms with Gasteiger partial charge in [0.25, 0.3) is 0 Å². The maximum atomic E-state index is 5.59. The molecule has 2 heterocycles. The molecular weight excluding hydrogens is 318 g/mol. The van der Waals surface area contributed by atoms with Gasteiger partial charge in [-0.15, -0.1) is 9.94 Å². The predicted octanol–water partition coefficient (Wildman–Crippen LogP) is 2.08. The zero-order valence-electron chi connectivity index (χ0n) is 11.9. The van der Waals surface area contributed by atoms with Gasteiger partial charge in [0.05, 0.1) is 11.9 Å². The van der Waals surface area contributed by atoms with Crippen LogP contribution in [0.2, 0.25) is 0 Å². The van der Waals surface area contributed by atoms with Gasteiger partial charge in [0.1, 0.15) is 5.52 Å². The van der Waals surface area contributed by atoms with Crippen LogP contribution >= 0.6 is 11.9 Å². The van der Waals surface area contributed by atoms with Crippen molar-refractivity contribution in [3.63, 3.8) is 0 Å². The third-order valence-electron chi connectivity index (χ3n) is 3.52. The fourth-order valence-corrected chi connectivity index (χ4v) is 2.51. The van der Waals surface area contributed by atoms with E-state index in [0.29, 0.717) is 6.54 Å². The van der Waals surface area contributed by atoms with Crippen LogP contribution in [0, 0.1) is 0 Å². The van der Waals surface area contributed by atoms with Gasteiger partial charge >= 0.3 is 7.32 Å². The maximum Gasteiger partial charge on any atom is 0.776 e. The van der Waals surface area contributed by atoms with Crippen molar-refractivity contribution in [1.29, 1.82) is 0 Å². The molecule has 0 unspecified atom stereocenters. The Hall–Kier alpha value is -2.26. The van der Waals surface area contributed by atoms with E-state index in [1.807, 2.05) is 48.5 Å². The minimum absolute atomic E-state index is 0.649. The molecule has 3 aromatic rings. The molecule has 7 nitrogen and oxygen atoms in total. The number of anilines is 1. The third kappa shape index (κ3) is 2.73. The zero-order chi connectivity index (χ0) is 15.6. The van der Waals surface area contributed by atoms with E-state index in [1.54, 1.807) is 6.20 Å². The molecule has 1 aromatic heterocycles. The van der Waals surface area contributed by atoms with Gasteiger partial charge in [-0.2, -0.15) is 5.17 Å². The summed E-state index contributed by atoms with van der Waals surface area (Å²) in [6.07, 6.45) is 1.68. The van der Waals surface area contributed by atoms with E-state index in [1.165, 1.54) is 10.0 Å². The minimum Gasteiger partial charge on any atom is -0.403 e. The summed E-state index contributed by atoms with van der Waals surface area (Å²) < 4.78 is 15.9. The highest BCUT2D eigenvalue weighted by Gasteiger charge is 2.33. The van der Waals surface area contributed by atoms with E-state index in [4.69, 9.17) is 25.6 Å². The van der Waals surface area contributed by atoms with Crippen LogP contribution in [-0.2, 0) is 15.5 Å². The van der Waals surface area contributed by atoms with Crippen molar-refractivity contribution in [2.24, 2.45) is 0 Å². The first-order chi connectivity index (χ1) is 11.3. The Balaban J connectivity index is 1.52. The lowest BCUT2D eigenvalue weighted by Gasteiger charge is -2.20. The smallest absolute Gasteiger partial charge is 0.403 e. The summed E-state index contributed by atoms with van der Waals surface area (Å²) >= 11 is 5.50. The first-order valence-electron chi connectivity index (χ1n) is 7.01. The molecule has 0 saturated carbocycles.